The van der Waals surface area contributed by atoms with Crippen LogP contribution in [-0.2, 0) is 20.1 Å². The fourth-order valence-corrected chi connectivity index (χ4v) is 2.75. The molecular weight excluding hydrogens is 357 g/mol. The summed E-state index contributed by atoms with van der Waals surface area (Å²) in [6, 6.07) is 11.8. The van der Waals surface area contributed by atoms with Gasteiger partial charge in [0, 0.05) is 19.8 Å². The van der Waals surface area contributed by atoms with E-state index in [-0.39, 0.29) is 16.7 Å². The molecule has 1 aliphatic heterocycles. The Balaban J connectivity index is 1.78. The normalized spacial score (nSPS) is 13.7. The van der Waals surface area contributed by atoms with E-state index in [9.17, 15) is 18.8 Å². The summed E-state index contributed by atoms with van der Waals surface area (Å²) >= 11 is 0. The van der Waals surface area contributed by atoms with Crippen LogP contribution in [0.2, 0.25) is 0 Å². The molecule has 0 radical (unpaired) electrons. The van der Waals surface area contributed by atoms with E-state index in [2.05, 4.69) is 0 Å². The van der Waals surface area contributed by atoms with Crippen molar-refractivity contribution >= 4 is 17.8 Å². The van der Waals surface area contributed by atoms with E-state index in [0.717, 1.165) is 0 Å². The summed E-state index contributed by atoms with van der Waals surface area (Å²) in [6.07, 6.45) is 0. The highest BCUT2D eigenvalue weighted by atomic mass is 19.1. The molecule has 3 rings (SSSR count). The zero-order chi connectivity index (χ0) is 19.6. The minimum Gasteiger partial charge on any atom is -0.347 e. The quantitative estimate of drug-likeness (QED) is 0.572. The van der Waals surface area contributed by atoms with Gasteiger partial charge in [0.2, 0.25) is 5.79 Å². The average Bonchev–Trinajstić information content (AvgIpc) is 2.95. The summed E-state index contributed by atoms with van der Waals surface area (Å²) in [6.45, 7) is -0.932. The van der Waals surface area contributed by atoms with E-state index < -0.39 is 30.2 Å². The number of methoxy groups -OCH3 is 2. The molecule has 0 spiro atoms. The van der Waals surface area contributed by atoms with Crippen LogP contribution in [0.4, 0.5) is 4.39 Å². The van der Waals surface area contributed by atoms with E-state index in [1.807, 2.05) is 0 Å². The van der Waals surface area contributed by atoms with Crippen LogP contribution in [0.1, 0.15) is 36.6 Å². The van der Waals surface area contributed by atoms with E-state index in [0.29, 0.717) is 10.6 Å². The molecule has 2 aromatic rings. The first-order valence-corrected chi connectivity index (χ1v) is 7.94. The zero-order valence-corrected chi connectivity index (χ0v) is 14.6. The first-order chi connectivity index (χ1) is 13.0. The van der Waals surface area contributed by atoms with Gasteiger partial charge in [-0.05, 0) is 24.3 Å². The van der Waals surface area contributed by atoms with E-state index >= 15 is 0 Å². The third kappa shape index (κ3) is 3.09. The second kappa shape index (κ2) is 7.26. The van der Waals surface area contributed by atoms with Crippen LogP contribution < -0.4 is 0 Å². The van der Waals surface area contributed by atoms with Crippen LogP contribution in [0.15, 0.2) is 48.5 Å². The number of imide groups is 1. The summed E-state index contributed by atoms with van der Waals surface area (Å²) in [5.41, 5.74) is 0.750. The molecule has 0 saturated heterocycles. The summed E-state index contributed by atoms with van der Waals surface area (Å²) in [5.74, 6) is -3.91. The maximum atomic E-state index is 13.3. The van der Waals surface area contributed by atoms with Gasteiger partial charge in [-0.15, -0.1) is 0 Å². The Morgan fingerprint density at radius 3 is 1.93 bits per heavy atom. The molecule has 0 aromatic heterocycles. The molecule has 27 heavy (non-hydrogen) atoms. The van der Waals surface area contributed by atoms with E-state index in [4.69, 9.17) is 14.3 Å². The average molecular weight is 373 g/mol. The molecule has 2 amide bonds. The summed E-state index contributed by atoms with van der Waals surface area (Å²) in [7, 11) is 2.60. The Morgan fingerprint density at radius 2 is 1.48 bits per heavy atom. The van der Waals surface area contributed by atoms with Gasteiger partial charge >= 0.3 is 5.97 Å². The van der Waals surface area contributed by atoms with Crippen LogP contribution >= 0.6 is 0 Å². The number of hydrogen-bond acceptors (Lipinski definition) is 6. The molecule has 0 bridgehead atoms. The van der Waals surface area contributed by atoms with Crippen molar-refractivity contribution in [2.24, 2.45) is 0 Å². The maximum Gasteiger partial charge on any atom is 0.363 e. The number of hydroxylamine groups is 2. The molecule has 0 fully saturated rings. The highest BCUT2D eigenvalue weighted by Gasteiger charge is 2.39. The highest BCUT2D eigenvalue weighted by molar-refractivity contribution is 6.21. The number of benzene rings is 2. The number of amides is 2. The summed E-state index contributed by atoms with van der Waals surface area (Å²) < 4.78 is 23.5. The van der Waals surface area contributed by atoms with Crippen LogP contribution in [0.25, 0.3) is 0 Å². The molecule has 8 heteroatoms. The fraction of sp³-hybridized carbons (Fsp3) is 0.211. The molecule has 0 aliphatic carbocycles. The Labute approximate surface area is 154 Å². The van der Waals surface area contributed by atoms with Gasteiger partial charge in [0.05, 0.1) is 16.7 Å². The monoisotopic (exact) mass is 373 g/mol. The van der Waals surface area contributed by atoms with Crippen LogP contribution in [-0.4, -0.2) is 43.7 Å². The number of halogens is 1. The number of carbonyl (C=O) groups is 3. The standard InChI is InChI=1S/C19H16FNO6/c1-25-19(11-20,26-2)13-9-7-12(8-10-13)18(24)27-21-16(22)14-5-3-4-6-15(14)17(21)23/h3-10H,11H2,1-2H3. The van der Waals surface area contributed by atoms with Gasteiger partial charge in [-0.25, -0.2) is 9.18 Å². The Hall–Kier alpha value is -3.10. The lowest BCUT2D eigenvalue weighted by Crippen LogP contribution is -2.34. The molecule has 0 saturated carbocycles. The van der Waals surface area contributed by atoms with Gasteiger partial charge in [0.1, 0.15) is 6.67 Å². The third-order valence-electron chi connectivity index (χ3n) is 4.33. The van der Waals surface area contributed by atoms with Crippen molar-refractivity contribution in [2.45, 2.75) is 5.79 Å². The molecule has 0 unspecified atom stereocenters. The van der Waals surface area contributed by atoms with Crippen molar-refractivity contribution in [1.29, 1.82) is 0 Å². The Kier molecular flexibility index (Phi) is 5.02. The van der Waals surface area contributed by atoms with Crippen molar-refractivity contribution in [1.82, 2.24) is 5.06 Å². The van der Waals surface area contributed by atoms with Crippen molar-refractivity contribution in [3.8, 4) is 0 Å². The van der Waals surface area contributed by atoms with Crippen LogP contribution in [0, 0.1) is 0 Å². The van der Waals surface area contributed by atoms with Crippen molar-refractivity contribution in [3.05, 3.63) is 70.8 Å². The van der Waals surface area contributed by atoms with Gasteiger partial charge in [-0.1, -0.05) is 29.3 Å². The first-order valence-electron chi connectivity index (χ1n) is 7.94. The number of fused-ring (bicyclic) bond motifs is 1. The van der Waals surface area contributed by atoms with Gasteiger partial charge in [0.15, 0.2) is 0 Å². The third-order valence-corrected chi connectivity index (χ3v) is 4.33. The predicted molar refractivity (Wildman–Crippen MR) is 90.5 cm³/mol. The molecular formula is C19H16FNO6. The predicted octanol–water partition coefficient (Wildman–Crippen LogP) is 2.47. The van der Waals surface area contributed by atoms with Crippen molar-refractivity contribution in [2.75, 3.05) is 20.9 Å². The summed E-state index contributed by atoms with van der Waals surface area (Å²) in [4.78, 5) is 41.7. The lowest BCUT2D eigenvalue weighted by Gasteiger charge is -2.28. The number of hydrogen-bond donors (Lipinski definition) is 0. The molecule has 7 nitrogen and oxygen atoms in total. The SMILES string of the molecule is COC(CF)(OC)c1ccc(C(=O)ON2C(=O)c3ccccc3C2=O)cc1. The summed E-state index contributed by atoms with van der Waals surface area (Å²) in [5, 5.41) is 0.428. The second-order valence-electron chi connectivity index (χ2n) is 5.70. The number of carbonyl (C=O) groups excluding carboxylic acids is 3. The topological polar surface area (TPSA) is 82.1 Å². The lowest BCUT2D eigenvalue weighted by molar-refractivity contribution is -0.224. The highest BCUT2D eigenvalue weighted by Crippen LogP contribution is 2.28. The Bertz CT molecular complexity index is 848. The van der Waals surface area contributed by atoms with Gasteiger partial charge < -0.3 is 14.3 Å². The lowest BCUT2D eigenvalue weighted by atomic mass is 10.0. The van der Waals surface area contributed by atoms with Crippen LogP contribution in [0.5, 0.6) is 0 Å². The molecule has 1 heterocycles. The number of ether oxygens (including phenoxy) is 2. The second-order valence-corrected chi connectivity index (χ2v) is 5.70. The van der Waals surface area contributed by atoms with Gasteiger partial charge in [0.25, 0.3) is 11.8 Å². The fourth-order valence-electron chi connectivity index (χ4n) is 2.75. The van der Waals surface area contributed by atoms with Gasteiger partial charge in [-0.3, -0.25) is 9.59 Å². The number of alkyl halides is 1. The van der Waals surface area contributed by atoms with E-state index in [1.165, 1.54) is 50.6 Å². The molecule has 140 valence electrons. The van der Waals surface area contributed by atoms with Crippen molar-refractivity contribution in [3.63, 3.8) is 0 Å². The molecule has 2 aromatic carbocycles. The molecule has 0 atom stereocenters. The zero-order valence-electron chi connectivity index (χ0n) is 14.6. The minimum atomic E-state index is -1.58. The van der Waals surface area contributed by atoms with Gasteiger partial charge in [-0.2, -0.15) is 0 Å². The largest absolute Gasteiger partial charge is 0.363 e. The molecule has 0 N–H and O–H groups in total. The number of nitrogens with zero attached hydrogens (tertiary/aromatic N) is 1. The smallest absolute Gasteiger partial charge is 0.347 e. The Morgan fingerprint density at radius 1 is 0.963 bits per heavy atom. The van der Waals surface area contributed by atoms with Crippen molar-refractivity contribution < 1.29 is 33.1 Å². The van der Waals surface area contributed by atoms with E-state index in [1.54, 1.807) is 12.1 Å². The number of rotatable bonds is 6. The molecule has 1 aliphatic rings. The first kappa shape index (κ1) is 18.7. The van der Waals surface area contributed by atoms with Crippen LogP contribution in [0.3, 0.4) is 0 Å². The maximum absolute atomic E-state index is 13.3. The minimum absolute atomic E-state index is 0.0651.